The molecule has 0 amide bonds. The second-order valence-electron chi connectivity index (χ2n) is 4.16. The number of nitrogens with zero attached hydrogens (tertiary/aromatic N) is 2. The highest BCUT2D eigenvalue weighted by Gasteiger charge is 2.21. The lowest BCUT2D eigenvalue weighted by Crippen LogP contribution is -2.42. The van der Waals surface area contributed by atoms with E-state index in [1.807, 2.05) is 23.1 Å². The number of morpholine rings is 1. The molecule has 1 fully saturated rings. The Kier molecular flexibility index (Phi) is 3.40. The van der Waals surface area contributed by atoms with Crippen molar-refractivity contribution in [1.29, 1.82) is 0 Å². The van der Waals surface area contributed by atoms with Crippen LogP contribution in [-0.4, -0.2) is 42.8 Å². The molecule has 1 saturated heterocycles. The first kappa shape index (κ1) is 11.6. The Morgan fingerprint density at radius 1 is 1.41 bits per heavy atom. The maximum atomic E-state index is 5.38. The van der Waals surface area contributed by atoms with Gasteiger partial charge >= 0.3 is 0 Å². The van der Waals surface area contributed by atoms with Gasteiger partial charge in [0.2, 0.25) is 0 Å². The lowest BCUT2D eigenvalue weighted by molar-refractivity contribution is 0.0679. The third-order valence-corrected chi connectivity index (χ3v) is 5.58. The van der Waals surface area contributed by atoms with Gasteiger partial charge < -0.3 is 9.64 Å². The van der Waals surface area contributed by atoms with Crippen LogP contribution in [0.25, 0.3) is 0 Å². The Morgan fingerprint density at radius 2 is 2.24 bits per heavy atom. The summed E-state index contributed by atoms with van der Waals surface area (Å²) in [5, 5.41) is 0. The predicted molar refractivity (Wildman–Crippen MR) is 73.9 cm³/mol. The molecule has 0 radical (unpaired) electrons. The quantitative estimate of drug-likeness (QED) is 0.783. The molecule has 3 heterocycles. The van der Waals surface area contributed by atoms with Crippen LogP contribution in [0, 0.1) is 0 Å². The first-order chi connectivity index (χ1) is 8.36. The summed E-state index contributed by atoms with van der Waals surface area (Å²) < 4.78 is 6.77. The van der Waals surface area contributed by atoms with Gasteiger partial charge in [0.1, 0.15) is 5.84 Å². The molecular weight excluding hydrogens is 252 g/mol. The summed E-state index contributed by atoms with van der Waals surface area (Å²) in [5.41, 5.74) is 1.18. The molecule has 0 N–H and O–H groups in total. The average molecular weight is 268 g/mol. The van der Waals surface area contributed by atoms with Crippen molar-refractivity contribution in [2.24, 2.45) is 4.99 Å². The fraction of sp³-hybridized carbons (Fsp3) is 0.583. The van der Waals surface area contributed by atoms with Crippen LogP contribution < -0.4 is 0 Å². The summed E-state index contributed by atoms with van der Waals surface area (Å²) in [6, 6.07) is 2.24. The van der Waals surface area contributed by atoms with Crippen LogP contribution in [0.5, 0.6) is 0 Å². The van der Waals surface area contributed by atoms with Crippen LogP contribution >= 0.6 is 23.1 Å². The van der Waals surface area contributed by atoms with E-state index < -0.39 is 0 Å². The molecule has 1 aromatic heterocycles. The SMILES string of the molecule is CCc1cc2c(s1)SCC(N1CCOCC1)=N2. The number of amidine groups is 1. The molecule has 2 aliphatic rings. The van der Waals surface area contributed by atoms with E-state index >= 15 is 0 Å². The topological polar surface area (TPSA) is 24.8 Å². The number of rotatable bonds is 1. The smallest absolute Gasteiger partial charge is 0.115 e. The van der Waals surface area contributed by atoms with Crippen molar-refractivity contribution >= 4 is 34.6 Å². The summed E-state index contributed by atoms with van der Waals surface area (Å²) >= 11 is 3.83. The lowest BCUT2D eigenvalue weighted by Gasteiger charge is -2.30. The highest BCUT2D eigenvalue weighted by molar-refractivity contribution is 8.02. The third kappa shape index (κ3) is 2.37. The molecule has 0 unspecified atom stereocenters. The molecule has 92 valence electrons. The molecule has 2 aliphatic heterocycles. The van der Waals surface area contributed by atoms with Crippen molar-refractivity contribution in [2.75, 3.05) is 32.1 Å². The summed E-state index contributed by atoms with van der Waals surface area (Å²) in [5.74, 6) is 2.24. The van der Waals surface area contributed by atoms with Crippen LogP contribution in [0.2, 0.25) is 0 Å². The zero-order valence-electron chi connectivity index (χ0n) is 9.94. The Hall–Kier alpha value is -0.520. The largest absolute Gasteiger partial charge is 0.378 e. The van der Waals surface area contributed by atoms with Crippen molar-refractivity contribution in [3.63, 3.8) is 0 Å². The minimum atomic E-state index is 0.834. The molecule has 1 aromatic rings. The fourth-order valence-corrected chi connectivity index (χ4v) is 4.31. The van der Waals surface area contributed by atoms with Gasteiger partial charge in [-0.05, 0) is 12.5 Å². The van der Waals surface area contributed by atoms with Gasteiger partial charge in [0.05, 0.1) is 28.9 Å². The first-order valence-electron chi connectivity index (χ1n) is 6.02. The average Bonchev–Trinajstić information content (AvgIpc) is 2.81. The lowest BCUT2D eigenvalue weighted by atomic mass is 10.3. The Labute approximate surface area is 110 Å². The monoisotopic (exact) mass is 268 g/mol. The standard InChI is InChI=1S/C12H16N2OS2/c1-2-9-7-10-12(17-9)16-8-11(13-10)14-3-5-15-6-4-14/h7H,2-6,8H2,1H3. The van der Waals surface area contributed by atoms with E-state index in [1.165, 1.54) is 20.6 Å². The van der Waals surface area contributed by atoms with Crippen LogP contribution in [-0.2, 0) is 11.2 Å². The van der Waals surface area contributed by atoms with E-state index in [1.54, 1.807) is 0 Å². The summed E-state index contributed by atoms with van der Waals surface area (Å²) in [6.45, 7) is 5.84. The molecule has 17 heavy (non-hydrogen) atoms. The number of aryl methyl sites for hydroxylation is 1. The van der Waals surface area contributed by atoms with Crippen molar-refractivity contribution in [3.05, 3.63) is 10.9 Å². The predicted octanol–water partition coefficient (Wildman–Crippen LogP) is 2.78. The van der Waals surface area contributed by atoms with Gasteiger partial charge in [-0.1, -0.05) is 6.92 Å². The van der Waals surface area contributed by atoms with Crippen LogP contribution in [0.15, 0.2) is 15.3 Å². The number of thiophene rings is 1. The van der Waals surface area contributed by atoms with Gasteiger partial charge in [0.25, 0.3) is 0 Å². The number of fused-ring (bicyclic) bond motifs is 1. The molecular formula is C12H16N2OS2. The van der Waals surface area contributed by atoms with Gasteiger partial charge in [-0.15, -0.1) is 23.1 Å². The Balaban J connectivity index is 1.83. The summed E-state index contributed by atoms with van der Waals surface area (Å²) in [7, 11) is 0. The third-order valence-electron chi connectivity index (χ3n) is 3.04. The number of thioether (sulfide) groups is 1. The number of hydrogen-bond acceptors (Lipinski definition) is 5. The normalized spacial score (nSPS) is 20.1. The van der Waals surface area contributed by atoms with Crippen molar-refractivity contribution in [2.45, 2.75) is 17.6 Å². The minimum absolute atomic E-state index is 0.834. The van der Waals surface area contributed by atoms with Gasteiger partial charge in [0.15, 0.2) is 0 Å². The zero-order chi connectivity index (χ0) is 11.7. The van der Waals surface area contributed by atoms with Crippen LogP contribution in [0.1, 0.15) is 11.8 Å². The second-order valence-corrected chi connectivity index (χ2v) is 6.54. The highest BCUT2D eigenvalue weighted by atomic mass is 32.2. The maximum absolute atomic E-state index is 5.38. The second kappa shape index (κ2) is 5.00. The van der Waals surface area contributed by atoms with Gasteiger partial charge in [-0.2, -0.15) is 0 Å². The molecule has 0 aromatic carbocycles. The van der Waals surface area contributed by atoms with E-state index in [4.69, 9.17) is 9.73 Å². The number of aliphatic imine (C=N–C) groups is 1. The van der Waals surface area contributed by atoms with Crippen LogP contribution in [0.4, 0.5) is 5.69 Å². The van der Waals surface area contributed by atoms with Crippen molar-refractivity contribution < 1.29 is 4.74 Å². The molecule has 5 heteroatoms. The minimum Gasteiger partial charge on any atom is -0.378 e. The molecule has 3 nitrogen and oxygen atoms in total. The zero-order valence-corrected chi connectivity index (χ0v) is 11.6. The molecule has 0 bridgehead atoms. The van der Waals surface area contributed by atoms with E-state index in [-0.39, 0.29) is 0 Å². The number of ether oxygens (including phenoxy) is 1. The summed E-state index contributed by atoms with van der Waals surface area (Å²) in [4.78, 5) is 8.62. The van der Waals surface area contributed by atoms with E-state index in [0.29, 0.717) is 0 Å². The molecule has 0 atom stereocenters. The van der Waals surface area contributed by atoms with Gasteiger partial charge in [-0.3, -0.25) is 0 Å². The molecule has 0 aliphatic carbocycles. The van der Waals surface area contributed by atoms with Gasteiger partial charge in [-0.25, -0.2) is 4.99 Å². The highest BCUT2D eigenvalue weighted by Crippen LogP contribution is 2.41. The molecule has 3 rings (SSSR count). The van der Waals surface area contributed by atoms with Crippen LogP contribution in [0.3, 0.4) is 0 Å². The fourth-order valence-electron chi connectivity index (χ4n) is 2.05. The Morgan fingerprint density at radius 3 is 3.00 bits per heavy atom. The van der Waals surface area contributed by atoms with Crippen molar-refractivity contribution in [3.8, 4) is 0 Å². The molecule has 0 spiro atoms. The summed E-state index contributed by atoms with van der Waals surface area (Å²) in [6.07, 6.45) is 1.11. The van der Waals surface area contributed by atoms with Crippen molar-refractivity contribution in [1.82, 2.24) is 4.90 Å². The Bertz CT molecular complexity index is 436. The first-order valence-corrected chi connectivity index (χ1v) is 7.83. The van der Waals surface area contributed by atoms with Gasteiger partial charge in [0, 0.05) is 18.0 Å². The maximum Gasteiger partial charge on any atom is 0.115 e. The molecule has 0 saturated carbocycles. The number of hydrogen-bond donors (Lipinski definition) is 0. The van der Waals surface area contributed by atoms with E-state index in [0.717, 1.165) is 38.5 Å². The van der Waals surface area contributed by atoms with E-state index in [2.05, 4.69) is 17.9 Å². The van der Waals surface area contributed by atoms with E-state index in [9.17, 15) is 0 Å².